The Hall–Kier alpha value is -3.04. The summed E-state index contributed by atoms with van der Waals surface area (Å²) in [5.41, 5.74) is 2.72. The second kappa shape index (κ2) is 8.24. The minimum absolute atomic E-state index is 0.0985. The predicted octanol–water partition coefficient (Wildman–Crippen LogP) is 3.68. The first kappa shape index (κ1) is 19.9. The summed E-state index contributed by atoms with van der Waals surface area (Å²) in [6.07, 6.45) is 7.11. The molecule has 1 fully saturated rings. The average Bonchev–Trinajstić information content (AvgIpc) is 3.43. The van der Waals surface area contributed by atoms with E-state index >= 15 is 0 Å². The summed E-state index contributed by atoms with van der Waals surface area (Å²) in [4.78, 5) is 28.4. The third kappa shape index (κ3) is 4.24. The molecule has 0 aliphatic carbocycles. The SMILES string of the molecule is Cc1nnc(-c2cnc3cnc(CC(=O)c4coc(C5CCN(C)CC5)n4)cc3c2)s1. The lowest BCUT2D eigenvalue weighted by molar-refractivity contribution is 0.0987. The summed E-state index contributed by atoms with van der Waals surface area (Å²) in [7, 11) is 2.12. The average molecular weight is 435 g/mol. The van der Waals surface area contributed by atoms with Gasteiger partial charge in [-0.25, -0.2) is 4.98 Å². The number of likely N-dealkylation sites (tertiary alicyclic amines) is 1. The highest BCUT2D eigenvalue weighted by Gasteiger charge is 2.24. The summed E-state index contributed by atoms with van der Waals surface area (Å²) >= 11 is 1.52. The summed E-state index contributed by atoms with van der Waals surface area (Å²) in [6, 6.07) is 3.90. The number of carbonyl (C=O) groups is 1. The molecule has 31 heavy (non-hydrogen) atoms. The molecule has 1 aliphatic rings. The Morgan fingerprint density at radius 3 is 2.81 bits per heavy atom. The highest BCUT2D eigenvalue weighted by molar-refractivity contribution is 7.14. The highest BCUT2D eigenvalue weighted by Crippen LogP contribution is 2.28. The van der Waals surface area contributed by atoms with Crippen LogP contribution in [0, 0.1) is 6.92 Å². The monoisotopic (exact) mass is 434 g/mol. The van der Waals surface area contributed by atoms with E-state index in [1.165, 1.54) is 17.6 Å². The van der Waals surface area contributed by atoms with Crippen LogP contribution in [0.4, 0.5) is 0 Å². The lowest BCUT2D eigenvalue weighted by Gasteiger charge is -2.26. The van der Waals surface area contributed by atoms with Crippen LogP contribution in [0.25, 0.3) is 21.5 Å². The van der Waals surface area contributed by atoms with E-state index in [9.17, 15) is 4.79 Å². The van der Waals surface area contributed by atoms with Gasteiger partial charge in [0.15, 0.2) is 11.7 Å². The maximum atomic E-state index is 12.8. The molecule has 9 heteroatoms. The maximum Gasteiger partial charge on any atom is 0.197 e. The molecule has 0 amide bonds. The van der Waals surface area contributed by atoms with Crippen molar-refractivity contribution in [3.63, 3.8) is 0 Å². The van der Waals surface area contributed by atoms with E-state index in [2.05, 4.69) is 37.1 Å². The van der Waals surface area contributed by atoms with Crippen molar-refractivity contribution in [3.8, 4) is 10.6 Å². The van der Waals surface area contributed by atoms with E-state index in [-0.39, 0.29) is 18.1 Å². The molecular weight excluding hydrogens is 412 g/mol. The Morgan fingerprint density at radius 1 is 1.19 bits per heavy atom. The van der Waals surface area contributed by atoms with Gasteiger partial charge in [0, 0.05) is 28.8 Å². The molecule has 5 heterocycles. The van der Waals surface area contributed by atoms with E-state index in [1.54, 1.807) is 12.4 Å². The summed E-state index contributed by atoms with van der Waals surface area (Å²) < 4.78 is 5.64. The van der Waals surface area contributed by atoms with Crippen molar-refractivity contribution in [2.24, 2.45) is 0 Å². The number of aromatic nitrogens is 5. The van der Waals surface area contributed by atoms with Gasteiger partial charge in [-0.3, -0.25) is 14.8 Å². The van der Waals surface area contributed by atoms with E-state index < -0.39 is 0 Å². The van der Waals surface area contributed by atoms with Crippen LogP contribution < -0.4 is 0 Å². The lowest BCUT2D eigenvalue weighted by Crippen LogP contribution is -2.29. The van der Waals surface area contributed by atoms with Crippen LogP contribution in [0.15, 0.2) is 35.2 Å². The van der Waals surface area contributed by atoms with Crippen molar-refractivity contribution in [2.45, 2.75) is 32.1 Å². The number of hydrogen-bond donors (Lipinski definition) is 0. The van der Waals surface area contributed by atoms with E-state index in [0.717, 1.165) is 52.4 Å². The van der Waals surface area contributed by atoms with Gasteiger partial charge in [0.05, 0.1) is 18.1 Å². The number of rotatable bonds is 5. The first-order chi connectivity index (χ1) is 15.0. The Kier molecular flexibility index (Phi) is 5.29. The molecular formula is C22H22N6O2S. The fourth-order valence-corrected chi connectivity index (χ4v) is 4.49. The molecule has 1 saturated heterocycles. The number of ketones is 1. The minimum Gasteiger partial charge on any atom is -0.448 e. The van der Waals surface area contributed by atoms with E-state index in [4.69, 9.17) is 4.42 Å². The van der Waals surface area contributed by atoms with Crippen molar-refractivity contribution in [2.75, 3.05) is 20.1 Å². The van der Waals surface area contributed by atoms with E-state index in [1.807, 2.05) is 19.1 Å². The zero-order chi connectivity index (χ0) is 21.4. The van der Waals surface area contributed by atoms with Gasteiger partial charge in [-0.15, -0.1) is 10.2 Å². The lowest BCUT2D eigenvalue weighted by atomic mass is 9.97. The van der Waals surface area contributed by atoms with Gasteiger partial charge < -0.3 is 9.32 Å². The van der Waals surface area contributed by atoms with Gasteiger partial charge in [-0.1, -0.05) is 11.3 Å². The second-order valence-electron chi connectivity index (χ2n) is 7.97. The third-order valence-corrected chi connectivity index (χ3v) is 6.50. The molecule has 0 atom stereocenters. The van der Waals surface area contributed by atoms with Crippen molar-refractivity contribution in [3.05, 3.63) is 53.1 Å². The number of piperidine rings is 1. The Morgan fingerprint density at radius 2 is 2.03 bits per heavy atom. The second-order valence-corrected chi connectivity index (χ2v) is 9.15. The first-order valence-corrected chi connectivity index (χ1v) is 11.1. The molecule has 8 nitrogen and oxygen atoms in total. The number of Topliss-reactive ketones (excluding diaryl/α,β-unsaturated/α-hetero) is 1. The van der Waals surface area contributed by atoms with Gasteiger partial charge in [-0.2, -0.15) is 0 Å². The van der Waals surface area contributed by atoms with Crippen LogP contribution in [-0.4, -0.2) is 56.0 Å². The molecule has 4 aromatic heterocycles. The topological polar surface area (TPSA) is 97.9 Å². The van der Waals surface area contributed by atoms with Crippen molar-refractivity contribution < 1.29 is 9.21 Å². The summed E-state index contributed by atoms with van der Waals surface area (Å²) in [6.45, 7) is 3.96. The first-order valence-electron chi connectivity index (χ1n) is 10.3. The van der Waals surface area contributed by atoms with Crippen molar-refractivity contribution >= 4 is 28.0 Å². The van der Waals surface area contributed by atoms with E-state index in [0.29, 0.717) is 17.3 Å². The predicted molar refractivity (Wildman–Crippen MR) is 117 cm³/mol. The van der Waals surface area contributed by atoms with Crippen LogP contribution in [0.2, 0.25) is 0 Å². The smallest absolute Gasteiger partial charge is 0.197 e. The number of nitrogens with zero attached hydrogens (tertiary/aromatic N) is 6. The Balaban J connectivity index is 1.33. The number of hydrogen-bond acceptors (Lipinski definition) is 9. The zero-order valence-electron chi connectivity index (χ0n) is 17.4. The summed E-state index contributed by atoms with van der Waals surface area (Å²) in [5, 5.41) is 10.9. The molecule has 4 aromatic rings. The molecule has 0 unspecified atom stereocenters. The number of pyridine rings is 2. The molecule has 1 aliphatic heterocycles. The van der Waals surface area contributed by atoms with Gasteiger partial charge in [-0.05, 0) is 52.0 Å². The number of carbonyl (C=O) groups excluding carboxylic acids is 1. The molecule has 0 bridgehead atoms. The van der Waals surface area contributed by atoms with Gasteiger partial charge in [0.25, 0.3) is 0 Å². The molecule has 0 N–H and O–H groups in total. The largest absolute Gasteiger partial charge is 0.448 e. The van der Waals surface area contributed by atoms with Crippen molar-refractivity contribution in [1.29, 1.82) is 0 Å². The zero-order valence-corrected chi connectivity index (χ0v) is 18.2. The standard InChI is InChI=1S/C22H22N6O2S/c1-13-26-27-22(31-13)16-7-15-8-17(23-11-18(15)24-10-16)9-20(29)19-12-30-21(25-19)14-3-5-28(2)6-4-14/h7-8,10-12,14H,3-6,9H2,1-2H3. The third-order valence-electron chi connectivity index (χ3n) is 5.61. The van der Waals surface area contributed by atoms with Crippen molar-refractivity contribution in [1.82, 2.24) is 30.0 Å². The fourth-order valence-electron chi connectivity index (χ4n) is 3.82. The molecule has 0 aromatic carbocycles. The number of aryl methyl sites for hydroxylation is 1. The van der Waals surface area contributed by atoms with Crippen LogP contribution >= 0.6 is 11.3 Å². The number of fused-ring (bicyclic) bond motifs is 1. The van der Waals surface area contributed by atoms with Gasteiger partial charge in [0.1, 0.15) is 22.0 Å². The quantitative estimate of drug-likeness (QED) is 0.439. The molecule has 0 spiro atoms. The van der Waals surface area contributed by atoms with Crippen LogP contribution in [0.3, 0.4) is 0 Å². The Labute approximate surface area is 183 Å². The van der Waals surface area contributed by atoms with Crippen LogP contribution in [-0.2, 0) is 6.42 Å². The maximum absolute atomic E-state index is 12.8. The Bertz CT molecular complexity index is 1240. The molecule has 158 valence electrons. The molecule has 5 rings (SSSR count). The van der Waals surface area contributed by atoms with Crippen LogP contribution in [0.5, 0.6) is 0 Å². The van der Waals surface area contributed by atoms with Gasteiger partial charge in [0.2, 0.25) is 0 Å². The minimum atomic E-state index is -0.0985. The van der Waals surface area contributed by atoms with Gasteiger partial charge >= 0.3 is 0 Å². The fraction of sp³-hybridized carbons (Fsp3) is 0.364. The number of oxazole rings is 1. The normalized spacial score (nSPS) is 15.5. The van der Waals surface area contributed by atoms with Crippen LogP contribution in [0.1, 0.15) is 45.8 Å². The highest BCUT2D eigenvalue weighted by atomic mass is 32.1. The molecule has 0 saturated carbocycles. The molecule has 0 radical (unpaired) electrons. The summed E-state index contributed by atoms with van der Waals surface area (Å²) in [5.74, 6) is 0.854.